The highest BCUT2D eigenvalue weighted by Gasteiger charge is 2.07. The Bertz CT molecular complexity index is 557. The Balaban J connectivity index is 1.98. The highest BCUT2D eigenvalue weighted by atomic mass is 35.5. The Morgan fingerprint density at radius 1 is 1.28 bits per heavy atom. The van der Waals surface area contributed by atoms with Crippen LogP contribution in [0.5, 0.6) is 0 Å². The average molecular weight is 279 g/mol. The number of rotatable bonds is 4. The number of aryl methyl sites for hydroxylation is 1. The highest BCUT2D eigenvalue weighted by Crippen LogP contribution is 2.17. The van der Waals surface area contributed by atoms with Gasteiger partial charge in [0.15, 0.2) is 5.78 Å². The van der Waals surface area contributed by atoms with E-state index in [1.54, 1.807) is 24.3 Å². The fourth-order valence-corrected chi connectivity index (χ4v) is 2.31. The second-order valence-corrected chi connectivity index (χ2v) is 5.15. The monoisotopic (exact) mass is 278 g/mol. The number of ketones is 1. The van der Waals surface area contributed by atoms with Gasteiger partial charge in [0.1, 0.15) is 11.4 Å². The molecule has 0 N–H and O–H groups in total. The second-order valence-electron chi connectivity index (χ2n) is 3.72. The van der Waals surface area contributed by atoms with Crippen LogP contribution in [-0.2, 0) is 0 Å². The van der Waals surface area contributed by atoms with Crippen LogP contribution >= 0.6 is 23.4 Å². The zero-order valence-electron chi connectivity index (χ0n) is 9.76. The fourth-order valence-electron chi connectivity index (χ4n) is 1.37. The van der Waals surface area contributed by atoms with Crippen LogP contribution < -0.4 is 0 Å². The Morgan fingerprint density at radius 3 is 2.67 bits per heavy atom. The molecule has 0 fully saturated rings. The molecule has 0 aliphatic rings. The van der Waals surface area contributed by atoms with Crippen LogP contribution in [0.25, 0.3) is 0 Å². The molecule has 5 heteroatoms. The Hall–Kier alpha value is -1.39. The third kappa shape index (κ3) is 3.55. The Kier molecular flexibility index (Phi) is 4.33. The molecule has 0 bridgehead atoms. The van der Waals surface area contributed by atoms with E-state index in [1.165, 1.54) is 18.1 Å². The van der Waals surface area contributed by atoms with Crippen LogP contribution in [0.1, 0.15) is 16.1 Å². The predicted octanol–water partition coefficient (Wildman–Crippen LogP) is 3.41. The molecule has 92 valence electrons. The van der Waals surface area contributed by atoms with E-state index in [4.69, 9.17) is 11.6 Å². The molecule has 1 heterocycles. The summed E-state index contributed by atoms with van der Waals surface area (Å²) in [7, 11) is 0. The summed E-state index contributed by atoms with van der Waals surface area (Å²) >= 11 is 7.18. The average Bonchev–Trinajstić information content (AvgIpc) is 2.37. The summed E-state index contributed by atoms with van der Waals surface area (Å²) < 4.78 is 0. The summed E-state index contributed by atoms with van der Waals surface area (Å²) in [6.07, 6.45) is 1.50. The maximum Gasteiger partial charge on any atom is 0.173 e. The van der Waals surface area contributed by atoms with Crippen molar-refractivity contribution in [3.63, 3.8) is 0 Å². The summed E-state index contributed by atoms with van der Waals surface area (Å²) in [6.45, 7) is 1.90. The molecule has 2 aromatic rings. The van der Waals surface area contributed by atoms with E-state index >= 15 is 0 Å². The number of benzene rings is 1. The lowest BCUT2D eigenvalue weighted by Crippen LogP contribution is -2.02. The number of aromatic nitrogens is 2. The Labute approximate surface area is 115 Å². The lowest BCUT2D eigenvalue weighted by atomic mass is 10.1. The molecular formula is C13H11ClN2OS. The predicted molar refractivity (Wildman–Crippen MR) is 73.3 cm³/mol. The van der Waals surface area contributed by atoms with Crippen molar-refractivity contribution in [2.24, 2.45) is 0 Å². The number of carbonyl (C=O) groups excluding carboxylic acids is 1. The van der Waals surface area contributed by atoms with E-state index in [0.717, 1.165) is 10.7 Å². The van der Waals surface area contributed by atoms with Crippen molar-refractivity contribution in [3.05, 3.63) is 52.9 Å². The van der Waals surface area contributed by atoms with Gasteiger partial charge in [-0.3, -0.25) is 4.79 Å². The van der Waals surface area contributed by atoms with Gasteiger partial charge in [0.05, 0.1) is 5.75 Å². The summed E-state index contributed by atoms with van der Waals surface area (Å²) in [5.41, 5.74) is 1.56. The molecule has 0 saturated heterocycles. The zero-order valence-corrected chi connectivity index (χ0v) is 11.3. The molecule has 0 atom stereocenters. The maximum atomic E-state index is 11.9. The van der Waals surface area contributed by atoms with E-state index < -0.39 is 0 Å². The van der Waals surface area contributed by atoms with E-state index in [-0.39, 0.29) is 5.78 Å². The molecule has 0 amide bonds. The number of thioether (sulfide) groups is 1. The number of Topliss-reactive ketones (excluding diaryl/α,β-unsaturated/α-hetero) is 1. The lowest BCUT2D eigenvalue weighted by molar-refractivity contribution is 0.102. The molecule has 18 heavy (non-hydrogen) atoms. The normalized spacial score (nSPS) is 10.3. The van der Waals surface area contributed by atoms with Crippen LogP contribution in [0, 0.1) is 6.92 Å². The molecule has 0 aliphatic heterocycles. The van der Waals surface area contributed by atoms with Crippen LogP contribution in [0.2, 0.25) is 5.02 Å². The molecule has 0 aliphatic carbocycles. The van der Waals surface area contributed by atoms with Crippen LogP contribution in [-0.4, -0.2) is 21.5 Å². The number of hydrogen-bond acceptors (Lipinski definition) is 4. The van der Waals surface area contributed by atoms with Crippen LogP contribution in [0.3, 0.4) is 0 Å². The first-order chi connectivity index (χ1) is 8.65. The first-order valence-corrected chi connectivity index (χ1v) is 6.72. The molecule has 1 aromatic carbocycles. The minimum Gasteiger partial charge on any atom is -0.293 e. The quantitative estimate of drug-likeness (QED) is 0.488. The summed E-state index contributed by atoms with van der Waals surface area (Å²) in [5, 5.41) is 1.44. The number of carbonyl (C=O) groups is 1. The third-order valence-electron chi connectivity index (χ3n) is 2.30. The number of nitrogens with zero attached hydrogens (tertiary/aromatic N) is 2. The molecule has 0 radical (unpaired) electrons. The van der Waals surface area contributed by atoms with Crippen LogP contribution in [0.15, 0.2) is 41.7 Å². The van der Waals surface area contributed by atoms with Crippen molar-refractivity contribution < 1.29 is 4.79 Å². The van der Waals surface area contributed by atoms with Gasteiger partial charge >= 0.3 is 0 Å². The first-order valence-electron chi connectivity index (χ1n) is 5.35. The lowest BCUT2D eigenvalue weighted by Gasteiger charge is -2.01. The van der Waals surface area contributed by atoms with Gasteiger partial charge < -0.3 is 0 Å². The van der Waals surface area contributed by atoms with Gasteiger partial charge in [0.2, 0.25) is 0 Å². The Morgan fingerprint density at radius 2 is 2.00 bits per heavy atom. The molecule has 0 unspecified atom stereocenters. The zero-order chi connectivity index (χ0) is 13.0. The van der Waals surface area contributed by atoms with Gasteiger partial charge in [0.25, 0.3) is 0 Å². The number of hydrogen-bond donors (Lipinski definition) is 0. The SMILES string of the molecule is Cc1cc(SCC(=O)c2ccc(Cl)cc2)ncn1. The van der Waals surface area contributed by atoms with E-state index in [9.17, 15) is 4.79 Å². The van der Waals surface area contributed by atoms with Crippen molar-refractivity contribution in [1.29, 1.82) is 0 Å². The summed E-state index contributed by atoms with van der Waals surface area (Å²) in [4.78, 5) is 20.0. The molecule has 3 nitrogen and oxygen atoms in total. The molecule has 0 spiro atoms. The van der Waals surface area contributed by atoms with E-state index in [1.807, 2.05) is 13.0 Å². The smallest absolute Gasteiger partial charge is 0.173 e. The van der Waals surface area contributed by atoms with Crippen molar-refractivity contribution in [3.8, 4) is 0 Å². The molecule has 1 aromatic heterocycles. The van der Waals surface area contributed by atoms with Crippen molar-refractivity contribution >= 4 is 29.1 Å². The minimum absolute atomic E-state index is 0.0629. The van der Waals surface area contributed by atoms with E-state index in [0.29, 0.717) is 16.3 Å². The topological polar surface area (TPSA) is 42.9 Å². The standard InChI is InChI=1S/C13H11ClN2OS/c1-9-6-13(16-8-15-9)18-7-12(17)10-2-4-11(14)5-3-10/h2-6,8H,7H2,1H3. The summed E-state index contributed by atoms with van der Waals surface area (Å²) in [6, 6.07) is 8.76. The van der Waals surface area contributed by atoms with Crippen molar-refractivity contribution in [2.45, 2.75) is 11.9 Å². The van der Waals surface area contributed by atoms with Gasteiger partial charge in [-0.1, -0.05) is 23.4 Å². The van der Waals surface area contributed by atoms with Gasteiger partial charge in [-0.15, -0.1) is 0 Å². The second kappa shape index (κ2) is 5.98. The van der Waals surface area contributed by atoms with Crippen molar-refractivity contribution in [2.75, 3.05) is 5.75 Å². The number of halogens is 1. The van der Waals surface area contributed by atoms with Gasteiger partial charge in [0, 0.05) is 16.3 Å². The van der Waals surface area contributed by atoms with Gasteiger partial charge in [-0.2, -0.15) is 0 Å². The first kappa shape index (κ1) is 13.1. The van der Waals surface area contributed by atoms with Crippen LogP contribution in [0.4, 0.5) is 0 Å². The molecule has 2 rings (SSSR count). The maximum absolute atomic E-state index is 11.9. The highest BCUT2D eigenvalue weighted by molar-refractivity contribution is 7.99. The minimum atomic E-state index is 0.0629. The fraction of sp³-hybridized carbons (Fsp3) is 0.154. The van der Waals surface area contributed by atoms with E-state index in [2.05, 4.69) is 9.97 Å². The third-order valence-corrected chi connectivity index (χ3v) is 3.47. The molecule has 0 saturated carbocycles. The van der Waals surface area contributed by atoms with Gasteiger partial charge in [-0.05, 0) is 37.3 Å². The summed E-state index contributed by atoms with van der Waals surface area (Å²) in [5.74, 6) is 0.422. The molecular weight excluding hydrogens is 268 g/mol. The van der Waals surface area contributed by atoms with Crippen molar-refractivity contribution in [1.82, 2.24) is 9.97 Å². The largest absolute Gasteiger partial charge is 0.293 e. The van der Waals surface area contributed by atoms with Gasteiger partial charge in [-0.25, -0.2) is 9.97 Å².